The van der Waals surface area contributed by atoms with Crippen LogP contribution in [0.1, 0.15) is 37.9 Å². The van der Waals surface area contributed by atoms with Crippen LogP contribution in [0.25, 0.3) is 0 Å². The number of imidazole rings is 1. The van der Waals surface area contributed by atoms with Gasteiger partial charge >= 0.3 is 0 Å². The van der Waals surface area contributed by atoms with E-state index in [0.717, 1.165) is 38.7 Å². The molecule has 5 heteroatoms. The minimum Gasteiger partial charge on any atom is -0.374 e. The van der Waals surface area contributed by atoms with Gasteiger partial charge in [0.05, 0.1) is 30.8 Å². The summed E-state index contributed by atoms with van der Waals surface area (Å²) in [6.45, 7) is 5.99. The molecule has 1 aromatic heterocycles. The zero-order chi connectivity index (χ0) is 13.9. The van der Waals surface area contributed by atoms with Gasteiger partial charge in [-0.2, -0.15) is 0 Å². The summed E-state index contributed by atoms with van der Waals surface area (Å²) in [6.07, 6.45) is 7.96. The lowest BCUT2D eigenvalue weighted by Gasteiger charge is -2.39. The minimum atomic E-state index is 0.224. The van der Waals surface area contributed by atoms with Crippen LogP contribution in [-0.2, 0) is 11.3 Å². The first-order valence-corrected chi connectivity index (χ1v) is 7.85. The van der Waals surface area contributed by atoms with Gasteiger partial charge in [-0.3, -0.25) is 4.90 Å². The van der Waals surface area contributed by atoms with E-state index in [9.17, 15) is 0 Å². The van der Waals surface area contributed by atoms with E-state index in [4.69, 9.17) is 4.74 Å². The standard InChI is InChI=1S/C15H26N4O/c1-3-6-19-11-16-9-13(19)15-14(10-17-12-4-5-12)20-8-7-18(15)2/h9,11-12,14-15,17H,3-8,10H2,1-2H3. The number of hydrogen-bond acceptors (Lipinski definition) is 4. The van der Waals surface area contributed by atoms with Crippen molar-refractivity contribution in [1.82, 2.24) is 19.8 Å². The number of nitrogens with one attached hydrogen (secondary N) is 1. The molecular formula is C15H26N4O. The van der Waals surface area contributed by atoms with E-state index in [0.29, 0.717) is 6.04 Å². The molecule has 1 aliphatic carbocycles. The molecule has 1 saturated carbocycles. The first kappa shape index (κ1) is 14.0. The smallest absolute Gasteiger partial charge is 0.0948 e. The molecule has 0 amide bonds. The molecule has 1 saturated heterocycles. The van der Waals surface area contributed by atoms with Gasteiger partial charge in [-0.15, -0.1) is 0 Å². The van der Waals surface area contributed by atoms with Gasteiger partial charge in [0.25, 0.3) is 0 Å². The lowest BCUT2D eigenvalue weighted by atomic mass is 10.0. The Morgan fingerprint density at radius 2 is 2.30 bits per heavy atom. The monoisotopic (exact) mass is 278 g/mol. The highest BCUT2D eigenvalue weighted by molar-refractivity contribution is 5.10. The van der Waals surface area contributed by atoms with E-state index in [-0.39, 0.29) is 6.10 Å². The summed E-state index contributed by atoms with van der Waals surface area (Å²) >= 11 is 0. The topological polar surface area (TPSA) is 42.3 Å². The highest BCUT2D eigenvalue weighted by Crippen LogP contribution is 2.29. The highest BCUT2D eigenvalue weighted by Gasteiger charge is 2.34. The van der Waals surface area contributed by atoms with E-state index < -0.39 is 0 Å². The SMILES string of the molecule is CCCn1cncc1C1C(CNC2CC2)OCCN1C. The molecule has 2 atom stereocenters. The van der Waals surface area contributed by atoms with Gasteiger partial charge in [0.2, 0.25) is 0 Å². The summed E-state index contributed by atoms with van der Waals surface area (Å²) in [5.41, 5.74) is 1.29. The summed E-state index contributed by atoms with van der Waals surface area (Å²) in [4.78, 5) is 6.76. The van der Waals surface area contributed by atoms with E-state index in [1.807, 2.05) is 12.5 Å². The number of hydrogen-bond donors (Lipinski definition) is 1. The fraction of sp³-hybridized carbons (Fsp3) is 0.800. The maximum atomic E-state index is 6.05. The molecule has 0 bridgehead atoms. The van der Waals surface area contributed by atoms with Gasteiger partial charge in [0.15, 0.2) is 0 Å². The summed E-state index contributed by atoms with van der Waals surface area (Å²) in [5, 5.41) is 3.61. The molecule has 2 aliphatic rings. The second-order valence-electron chi connectivity index (χ2n) is 6.03. The first-order valence-electron chi connectivity index (χ1n) is 7.85. The van der Waals surface area contributed by atoms with Crippen LogP contribution in [-0.4, -0.2) is 53.3 Å². The molecule has 1 N–H and O–H groups in total. The Morgan fingerprint density at radius 3 is 3.05 bits per heavy atom. The van der Waals surface area contributed by atoms with E-state index in [2.05, 4.69) is 33.7 Å². The van der Waals surface area contributed by atoms with Crippen LogP contribution in [0.5, 0.6) is 0 Å². The van der Waals surface area contributed by atoms with Gasteiger partial charge < -0.3 is 14.6 Å². The van der Waals surface area contributed by atoms with Crippen molar-refractivity contribution in [2.75, 3.05) is 26.7 Å². The number of morpholine rings is 1. The number of aromatic nitrogens is 2. The predicted octanol–water partition coefficient (Wildman–Crippen LogP) is 1.42. The van der Waals surface area contributed by atoms with Crippen LogP contribution in [0.3, 0.4) is 0 Å². The number of nitrogens with zero attached hydrogens (tertiary/aromatic N) is 3. The van der Waals surface area contributed by atoms with E-state index in [1.165, 1.54) is 18.5 Å². The van der Waals surface area contributed by atoms with Crippen molar-refractivity contribution in [3.63, 3.8) is 0 Å². The molecule has 1 aliphatic heterocycles. The molecule has 0 aromatic carbocycles. The Balaban J connectivity index is 1.75. The molecule has 3 rings (SSSR count). The average molecular weight is 278 g/mol. The Labute approximate surface area is 121 Å². The number of rotatable bonds is 6. The molecule has 1 aromatic rings. The second kappa shape index (κ2) is 6.24. The van der Waals surface area contributed by atoms with Crippen molar-refractivity contribution in [1.29, 1.82) is 0 Å². The maximum Gasteiger partial charge on any atom is 0.0948 e. The summed E-state index contributed by atoms with van der Waals surface area (Å²) < 4.78 is 8.33. The van der Waals surface area contributed by atoms with Crippen LogP contribution in [0, 0.1) is 0 Å². The predicted molar refractivity (Wildman–Crippen MR) is 78.7 cm³/mol. The summed E-state index contributed by atoms with van der Waals surface area (Å²) in [6, 6.07) is 1.04. The molecule has 112 valence electrons. The molecule has 0 spiro atoms. The zero-order valence-electron chi connectivity index (χ0n) is 12.6. The summed E-state index contributed by atoms with van der Waals surface area (Å²) in [5.74, 6) is 0. The third kappa shape index (κ3) is 3.05. The Morgan fingerprint density at radius 1 is 1.45 bits per heavy atom. The molecule has 2 heterocycles. The third-order valence-electron chi connectivity index (χ3n) is 4.30. The highest BCUT2D eigenvalue weighted by atomic mass is 16.5. The van der Waals surface area contributed by atoms with Gasteiger partial charge in [-0.25, -0.2) is 4.98 Å². The fourth-order valence-corrected chi connectivity index (χ4v) is 3.02. The van der Waals surface area contributed by atoms with Crippen molar-refractivity contribution in [2.24, 2.45) is 0 Å². The van der Waals surface area contributed by atoms with Crippen molar-refractivity contribution in [3.8, 4) is 0 Å². The van der Waals surface area contributed by atoms with Crippen LogP contribution < -0.4 is 5.32 Å². The number of likely N-dealkylation sites (N-methyl/N-ethyl adjacent to an activating group) is 1. The normalized spacial score (nSPS) is 27.9. The van der Waals surface area contributed by atoms with Crippen molar-refractivity contribution >= 4 is 0 Å². The Kier molecular flexibility index (Phi) is 4.38. The number of aryl methyl sites for hydroxylation is 1. The Bertz CT molecular complexity index is 429. The lowest BCUT2D eigenvalue weighted by molar-refractivity contribution is -0.0638. The van der Waals surface area contributed by atoms with Crippen molar-refractivity contribution in [2.45, 2.75) is 50.9 Å². The van der Waals surface area contributed by atoms with Crippen molar-refractivity contribution < 1.29 is 4.74 Å². The molecule has 5 nitrogen and oxygen atoms in total. The van der Waals surface area contributed by atoms with Gasteiger partial charge in [0, 0.05) is 31.9 Å². The largest absolute Gasteiger partial charge is 0.374 e. The Hall–Kier alpha value is -0.910. The van der Waals surface area contributed by atoms with Crippen LogP contribution in [0.15, 0.2) is 12.5 Å². The lowest BCUT2D eigenvalue weighted by Crippen LogP contribution is -2.48. The van der Waals surface area contributed by atoms with E-state index >= 15 is 0 Å². The van der Waals surface area contributed by atoms with Crippen LogP contribution in [0.2, 0.25) is 0 Å². The second-order valence-corrected chi connectivity index (χ2v) is 6.03. The summed E-state index contributed by atoms with van der Waals surface area (Å²) in [7, 11) is 2.20. The molecule has 20 heavy (non-hydrogen) atoms. The van der Waals surface area contributed by atoms with Gasteiger partial charge in [-0.1, -0.05) is 6.92 Å². The average Bonchev–Trinajstić information content (AvgIpc) is 3.17. The molecule has 0 radical (unpaired) electrons. The van der Waals surface area contributed by atoms with Crippen molar-refractivity contribution in [3.05, 3.63) is 18.2 Å². The van der Waals surface area contributed by atoms with Crippen LogP contribution >= 0.6 is 0 Å². The van der Waals surface area contributed by atoms with Gasteiger partial charge in [-0.05, 0) is 26.3 Å². The fourth-order valence-electron chi connectivity index (χ4n) is 3.02. The number of ether oxygens (including phenoxy) is 1. The van der Waals surface area contributed by atoms with Crippen LogP contribution in [0.4, 0.5) is 0 Å². The quantitative estimate of drug-likeness (QED) is 0.854. The third-order valence-corrected chi connectivity index (χ3v) is 4.30. The zero-order valence-corrected chi connectivity index (χ0v) is 12.6. The molecule has 2 unspecified atom stereocenters. The molecule has 2 fully saturated rings. The first-order chi connectivity index (χ1) is 9.79. The molecular weight excluding hydrogens is 252 g/mol. The van der Waals surface area contributed by atoms with E-state index in [1.54, 1.807) is 0 Å². The maximum absolute atomic E-state index is 6.05. The van der Waals surface area contributed by atoms with Gasteiger partial charge in [0.1, 0.15) is 0 Å². The minimum absolute atomic E-state index is 0.224.